The Hall–Kier alpha value is -2.30. The van der Waals surface area contributed by atoms with Crippen LogP contribution in [0.25, 0.3) is 6.08 Å². The molecule has 0 saturated heterocycles. The van der Waals surface area contributed by atoms with E-state index in [0.29, 0.717) is 36.1 Å². The molecule has 102 valence electrons. The van der Waals surface area contributed by atoms with Crippen LogP contribution in [0.3, 0.4) is 0 Å². The topological polar surface area (TPSA) is 75.6 Å². The van der Waals surface area contributed by atoms with Gasteiger partial charge in [0.15, 0.2) is 17.8 Å². The third-order valence-corrected chi connectivity index (χ3v) is 2.53. The number of amides is 1. The second-order valence-corrected chi connectivity index (χ2v) is 3.91. The summed E-state index contributed by atoms with van der Waals surface area (Å²) in [6, 6.07) is 3.12. The molecule has 0 aliphatic heterocycles. The molecular weight excluding hydrogens is 246 g/mol. The molecule has 0 aliphatic rings. The number of phenols is 1. The lowest BCUT2D eigenvalue weighted by atomic mass is 10.1. The number of ether oxygens (including phenoxy) is 1. The van der Waals surface area contributed by atoms with Gasteiger partial charge < -0.3 is 15.2 Å². The maximum Gasteiger partial charge on any atom is 0.216 e. The van der Waals surface area contributed by atoms with Crippen LogP contribution in [0.2, 0.25) is 0 Å². The summed E-state index contributed by atoms with van der Waals surface area (Å²) in [5.74, 6) is 0.154. The summed E-state index contributed by atoms with van der Waals surface area (Å²) in [6.07, 6.45) is 4.70. The summed E-state index contributed by atoms with van der Waals surface area (Å²) in [5, 5.41) is 12.6. The van der Waals surface area contributed by atoms with E-state index in [1.165, 1.54) is 20.1 Å². The monoisotopic (exact) mass is 263 g/mol. The van der Waals surface area contributed by atoms with Crippen LogP contribution in [0.5, 0.6) is 11.5 Å². The fraction of sp³-hybridized carbons (Fsp3) is 0.286. The molecule has 2 N–H and O–H groups in total. The van der Waals surface area contributed by atoms with Gasteiger partial charge in [-0.15, -0.1) is 0 Å². The predicted molar refractivity (Wildman–Crippen MR) is 72.4 cm³/mol. The standard InChI is InChI=1S/C14H17NO4/c1-10(17)15-8-4-3-5-12-11(9-16)6-7-13(19-2)14(12)18/h3,5-7,9,18H,4,8H2,1-2H3,(H,15,17). The van der Waals surface area contributed by atoms with Gasteiger partial charge in [-0.2, -0.15) is 0 Å². The van der Waals surface area contributed by atoms with Crippen molar-refractivity contribution in [2.45, 2.75) is 13.3 Å². The molecule has 0 aliphatic carbocycles. The Morgan fingerprint density at radius 2 is 2.21 bits per heavy atom. The fourth-order valence-corrected chi connectivity index (χ4v) is 1.58. The van der Waals surface area contributed by atoms with Gasteiger partial charge in [0, 0.05) is 24.6 Å². The first kappa shape index (κ1) is 14.8. The Morgan fingerprint density at radius 1 is 1.47 bits per heavy atom. The number of methoxy groups -OCH3 is 1. The second-order valence-electron chi connectivity index (χ2n) is 3.91. The van der Waals surface area contributed by atoms with Crippen LogP contribution in [-0.4, -0.2) is 31.0 Å². The summed E-state index contributed by atoms with van der Waals surface area (Å²) < 4.78 is 4.99. The number of hydrogen-bond donors (Lipinski definition) is 2. The number of phenolic OH excluding ortho intramolecular Hbond substituents is 1. The SMILES string of the molecule is COc1ccc(C=O)c(C=CCCNC(C)=O)c1O. The molecule has 0 aromatic heterocycles. The number of carbonyl (C=O) groups is 2. The Bertz CT molecular complexity index is 494. The van der Waals surface area contributed by atoms with E-state index >= 15 is 0 Å². The van der Waals surface area contributed by atoms with Gasteiger partial charge in [-0.3, -0.25) is 9.59 Å². The Morgan fingerprint density at radius 3 is 2.79 bits per heavy atom. The zero-order chi connectivity index (χ0) is 14.3. The number of nitrogens with one attached hydrogen (secondary N) is 1. The molecule has 1 amide bonds. The largest absolute Gasteiger partial charge is 0.504 e. The Balaban J connectivity index is 2.83. The van der Waals surface area contributed by atoms with Gasteiger partial charge in [0.05, 0.1) is 7.11 Å². The van der Waals surface area contributed by atoms with Crippen molar-refractivity contribution in [3.8, 4) is 11.5 Å². The van der Waals surface area contributed by atoms with E-state index < -0.39 is 0 Å². The van der Waals surface area contributed by atoms with Crippen molar-refractivity contribution < 1.29 is 19.4 Å². The number of carbonyl (C=O) groups excluding carboxylic acids is 2. The lowest BCUT2D eigenvalue weighted by molar-refractivity contribution is -0.118. The first-order valence-corrected chi connectivity index (χ1v) is 5.86. The Kier molecular flexibility index (Phi) is 5.60. The van der Waals surface area contributed by atoms with Crippen molar-refractivity contribution in [1.29, 1.82) is 0 Å². The number of aldehydes is 1. The van der Waals surface area contributed by atoms with Crippen molar-refractivity contribution in [2.24, 2.45) is 0 Å². The highest BCUT2D eigenvalue weighted by Gasteiger charge is 2.10. The van der Waals surface area contributed by atoms with E-state index in [1.54, 1.807) is 18.2 Å². The Labute approximate surface area is 111 Å². The molecule has 5 nitrogen and oxygen atoms in total. The molecule has 0 saturated carbocycles. The zero-order valence-electron chi connectivity index (χ0n) is 11.0. The van der Waals surface area contributed by atoms with Crippen LogP contribution in [0.4, 0.5) is 0 Å². The molecule has 1 aromatic carbocycles. The van der Waals surface area contributed by atoms with E-state index in [9.17, 15) is 14.7 Å². The third-order valence-electron chi connectivity index (χ3n) is 2.53. The summed E-state index contributed by atoms with van der Waals surface area (Å²) >= 11 is 0. The van der Waals surface area contributed by atoms with Gasteiger partial charge in [-0.05, 0) is 18.6 Å². The van der Waals surface area contributed by atoms with Crippen LogP contribution in [0.15, 0.2) is 18.2 Å². The van der Waals surface area contributed by atoms with Gasteiger partial charge in [0.25, 0.3) is 0 Å². The van der Waals surface area contributed by atoms with Crippen molar-refractivity contribution in [3.63, 3.8) is 0 Å². The zero-order valence-corrected chi connectivity index (χ0v) is 11.0. The van der Waals surface area contributed by atoms with E-state index in [-0.39, 0.29) is 11.7 Å². The van der Waals surface area contributed by atoms with Gasteiger partial charge in [-0.1, -0.05) is 12.2 Å². The highest BCUT2D eigenvalue weighted by molar-refractivity contribution is 5.85. The van der Waals surface area contributed by atoms with Crippen LogP contribution >= 0.6 is 0 Å². The van der Waals surface area contributed by atoms with E-state index in [1.807, 2.05) is 0 Å². The number of hydrogen-bond acceptors (Lipinski definition) is 4. The maximum atomic E-state index is 10.9. The van der Waals surface area contributed by atoms with Crippen LogP contribution < -0.4 is 10.1 Å². The van der Waals surface area contributed by atoms with Crippen molar-refractivity contribution in [1.82, 2.24) is 5.32 Å². The van der Waals surface area contributed by atoms with E-state index in [2.05, 4.69) is 5.32 Å². The summed E-state index contributed by atoms with van der Waals surface area (Å²) in [7, 11) is 1.44. The summed E-state index contributed by atoms with van der Waals surface area (Å²) in [5.41, 5.74) is 0.797. The van der Waals surface area contributed by atoms with Gasteiger partial charge >= 0.3 is 0 Å². The minimum Gasteiger partial charge on any atom is -0.504 e. The molecule has 5 heteroatoms. The second kappa shape index (κ2) is 7.20. The van der Waals surface area contributed by atoms with Crippen molar-refractivity contribution in [3.05, 3.63) is 29.3 Å². The van der Waals surface area contributed by atoms with Gasteiger partial charge in [0.1, 0.15) is 0 Å². The lowest BCUT2D eigenvalue weighted by Crippen LogP contribution is -2.20. The number of benzene rings is 1. The first-order chi connectivity index (χ1) is 9.10. The molecule has 0 unspecified atom stereocenters. The van der Waals surface area contributed by atoms with Crippen LogP contribution in [0.1, 0.15) is 29.3 Å². The molecular formula is C14H17NO4. The number of aromatic hydroxyl groups is 1. The molecule has 0 bridgehead atoms. The quantitative estimate of drug-likeness (QED) is 0.605. The van der Waals surface area contributed by atoms with Crippen LogP contribution in [-0.2, 0) is 4.79 Å². The highest BCUT2D eigenvalue weighted by Crippen LogP contribution is 2.32. The van der Waals surface area contributed by atoms with E-state index in [0.717, 1.165) is 0 Å². The van der Waals surface area contributed by atoms with Crippen molar-refractivity contribution >= 4 is 18.3 Å². The molecule has 0 heterocycles. The predicted octanol–water partition coefficient (Wildman–Crippen LogP) is 1.75. The minimum absolute atomic E-state index is 0.0668. The molecule has 0 fully saturated rings. The molecule has 19 heavy (non-hydrogen) atoms. The number of rotatable bonds is 6. The lowest BCUT2D eigenvalue weighted by Gasteiger charge is -2.08. The first-order valence-electron chi connectivity index (χ1n) is 5.86. The highest BCUT2D eigenvalue weighted by atomic mass is 16.5. The molecule has 1 rings (SSSR count). The maximum absolute atomic E-state index is 10.9. The molecule has 0 atom stereocenters. The van der Waals surface area contributed by atoms with Crippen molar-refractivity contribution in [2.75, 3.05) is 13.7 Å². The smallest absolute Gasteiger partial charge is 0.216 e. The van der Waals surface area contributed by atoms with Gasteiger partial charge in [0.2, 0.25) is 5.91 Å². The fourth-order valence-electron chi connectivity index (χ4n) is 1.58. The van der Waals surface area contributed by atoms with E-state index in [4.69, 9.17) is 4.74 Å². The average molecular weight is 263 g/mol. The van der Waals surface area contributed by atoms with Gasteiger partial charge in [-0.25, -0.2) is 0 Å². The molecule has 1 aromatic rings. The molecule has 0 radical (unpaired) electrons. The summed E-state index contributed by atoms with van der Waals surface area (Å²) in [6.45, 7) is 1.95. The third kappa shape index (κ3) is 4.13. The average Bonchev–Trinajstić information content (AvgIpc) is 2.39. The normalized spacial score (nSPS) is 10.4. The minimum atomic E-state index is -0.0915. The van der Waals surface area contributed by atoms with Crippen LogP contribution in [0, 0.1) is 0 Å². The molecule has 0 spiro atoms. The summed E-state index contributed by atoms with van der Waals surface area (Å²) in [4.78, 5) is 21.6.